The molecule has 0 radical (unpaired) electrons. The van der Waals surface area contributed by atoms with Gasteiger partial charge in [0, 0.05) is 24.7 Å². The first-order valence-corrected chi connectivity index (χ1v) is 8.57. The number of aryl methyl sites for hydroxylation is 2. The van der Waals surface area contributed by atoms with Gasteiger partial charge >= 0.3 is 0 Å². The lowest BCUT2D eigenvalue weighted by Gasteiger charge is -2.18. The summed E-state index contributed by atoms with van der Waals surface area (Å²) in [5.41, 5.74) is 3.58. The second-order valence-electron chi connectivity index (χ2n) is 6.26. The molecule has 3 heteroatoms. The van der Waals surface area contributed by atoms with Crippen LogP contribution in [0.5, 0.6) is 0 Å². The highest BCUT2D eigenvalue weighted by Crippen LogP contribution is 2.18. The highest BCUT2D eigenvalue weighted by atomic mass is 16.1. The van der Waals surface area contributed by atoms with Crippen LogP contribution in [0, 0.1) is 6.92 Å². The largest absolute Gasteiger partial charge is 0.349 e. The predicted octanol–water partition coefficient (Wildman–Crippen LogP) is 4.61. The van der Waals surface area contributed by atoms with Crippen LogP contribution in [0.4, 0.5) is 0 Å². The van der Waals surface area contributed by atoms with Crippen molar-refractivity contribution in [2.75, 3.05) is 0 Å². The molecule has 0 aliphatic carbocycles. The molecule has 3 rings (SSSR count). The lowest BCUT2D eigenvalue weighted by Crippen LogP contribution is -2.28. The van der Waals surface area contributed by atoms with Crippen LogP contribution in [0.25, 0.3) is 10.9 Å². The summed E-state index contributed by atoms with van der Waals surface area (Å²) in [6.07, 6.45) is 3.43. The van der Waals surface area contributed by atoms with Crippen molar-refractivity contribution in [3.63, 3.8) is 0 Å². The molecule has 1 atom stereocenters. The van der Waals surface area contributed by atoms with Gasteiger partial charge in [-0.25, -0.2) is 0 Å². The van der Waals surface area contributed by atoms with E-state index in [1.54, 1.807) is 0 Å². The van der Waals surface area contributed by atoms with E-state index in [0.29, 0.717) is 13.0 Å². The standard InChI is InChI=1S/C21H24N2O/c1-3-19(17-10-8-16(2)9-11-17)22-21(24)13-15-23-14-12-18-6-4-5-7-20(18)23/h4-12,14,19H,3,13,15H2,1-2H3,(H,22,24). The highest BCUT2D eigenvalue weighted by molar-refractivity contribution is 5.80. The summed E-state index contributed by atoms with van der Waals surface area (Å²) in [5.74, 6) is 0.0974. The zero-order valence-electron chi connectivity index (χ0n) is 14.3. The lowest BCUT2D eigenvalue weighted by molar-refractivity contribution is -0.122. The molecule has 0 bridgehead atoms. The van der Waals surface area contributed by atoms with E-state index in [-0.39, 0.29) is 11.9 Å². The molecule has 3 aromatic rings. The number of hydrogen-bond donors (Lipinski definition) is 1. The van der Waals surface area contributed by atoms with Gasteiger partial charge in [0.15, 0.2) is 0 Å². The fourth-order valence-electron chi connectivity index (χ4n) is 3.04. The topological polar surface area (TPSA) is 34.0 Å². The third-order valence-corrected chi connectivity index (χ3v) is 4.48. The Bertz CT molecular complexity index is 817. The Morgan fingerprint density at radius 1 is 1.08 bits per heavy atom. The Morgan fingerprint density at radius 3 is 2.58 bits per heavy atom. The van der Waals surface area contributed by atoms with Gasteiger partial charge < -0.3 is 9.88 Å². The molecule has 0 saturated heterocycles. The molecular formula is C21H24N2O. The fourth-order valence-corrected chi connectivity index (χ4v) is 3.04. The van der Waals surface area contributed by atoms with E-state index in [9.17, 15) is 4.79 Å². The number of hydrogen-bond acceptors (Lipinski definition) is 1. The number of para-hydroxylation sites is 1. The van der Waals surface area contributed by atoms with E-state index in [4.69, 9.17) is 0 Å². The molecule has 0 saturated carbocycles. The van der Waals surface area contributed by atoms with Crippen molar-refractivity contribution >= 4 is 16.8 Å². The Balaban J connectivity index is 1.61. The van der Waals surface area contributed by atoms with E-state index in [2.05, 4.69) is 72.4 Å². The summed E-state index contributed by atoms with van der Waals surface area (Å²) in [4.78, 5) is 12.4. The highest BCUT2D eigenvalue weighted by Gasteiger charge is 2.12. The summed E-state index contributed by atoms with van der Waals surface area (Å²) in [6, 6.07) is 18.8. The van der Waals surface area contributed by atoms with Crippen LogP contribution in [-0.2, 0) is 11.3 Å². The molecule has 1 unspecified atom stereocenters. The molecule has 1 aromatic heterocycles. The van der Waals surface area contributed by atoms with E-state index >= 15 is 0 Å². The summed E-state index contributed by atoms with van der Waals surface area (Å²) < 4.78 is 2.14. The lowest BCUT2D eigenvalue weighted by atomic mass is 10.0. The van der Waals surface area contributed by atoms with Crippen LogP contribution in [-0.4, -0.2) is 10.5 Å². The van der Waals surface area contributed by atoms with Crippen molar-refractivity contribution in [2.24, 2.45) is 0 Å². The van der Waals surface area contributed by atoms with Crippen molar-refractivity contribution in [3.8, 4) is 0 Å². The van der Waals surface area contributed by atoms with Crippen molar-refractivity contribution in [2.45, 2.75) is 39.3 Å². The summed E-state index contributed by atoms with van der Waals surface area (Å²) in [5, 5.41) is 4.37. The maximum atomic E-state index is 12.4. The van der Waals surface area contributed by atoms with Gasteiger partial charge in [0.25, 0.3) is 0 Å². The Labute approximate surface area is 143 Å². The van der Waals surface area contributed by atoms with Crippen molar-refractivity contribution in [1.82, 2.24) is 9.88 Å². The second-order valence-corrected chi connectivity index (χ2v) is 6.26. The molecule has 0 fully saturated rings. The molecule has 0 aliphatic rings. The normalized spacial score (nSPS) is 12.2. The number of aromatic nitrogens is 1. The molecular weight excluding hydrogens is 296 g/mol. The van der Waals surface area contributed by atoms with E-state index in [1.807, 2.05) is 12.1 Å². The second kappa shape index (κ2) is 7.35. The summed E-state index contributed by atoms with van der Waals surface area (Å²) in [6.45, 7) is 4.87. The van der Waals surface area contributed by atoms with Gasteiger partial charge in [0.05, 0.1) is 6.04 Å². The average molecular weight is 320 g/mol. The molecule has 1 heterocycles. The van der Waals surface area contributed by atoms with Gasteiger partial charge in [-0.2, -0.15) is 0 Å². The molecule has 3 nitrogen and oxygen atoms in total. The molecule has 1 amide bonds. The molecule has 0 aliphatic heterocycles. The van der Waals surface area contributed by atoms with Crippen molar-refractivity contribution in [3.05, 3.63) is 71.9 Å². The minimum atomic E-state index is 0.0829. The third kappa shape index (κ3) is 3.67. The summed E-state index contributed by atoms with van der Waals surface area (Å²) >= 11 is 0. The van der Waals surface area contributed by atoms with Crippen LogP contribution in [0.3, 0.4) is 0 Å². The van der Waals surface area contributed by atoms with Crippen molar-refractivity contribution < 1.29 is 4.79 Å². The number of benzene rings is 2. The number of carbonyl (C=O) groups excluding carboxylic acids is 1. The first-order chi connectivity index (χ1) is 11.7. The van der Waals surface area contributed by atoms with Gasteiger partial charge in [0.2, 0.25) is 5.91 Å². The number of nitrogens with one attached hydrogen (secondary N) is 1. The smallest absolute Gasteiger partial charge is 0.222 e. The van der Waals surface area contributed by atoms with Gasteiger partial charge in [-0.1, -0.05) is 55.0 Å². The summed E-state index contributed by atoms with van der Waals surface area (Å²) in [7, 11) is 0. The van der Waals surface area contributed by atoms with Crippen molar-refractivity contribution in [1.29, 1.82) is 0 Å². The van der Waals surface area contributed by atoms with Gasteiger partial charge in [0.1, 0.15) is 0 Å². The Morgan fingerprint density at radius 2 is 1.83 bits per heavy atom. The third-order valence-electron chi connectivity index (χ3n) is 4.48. The van der Waals surface area contributed by atoms with Crippen LogP contribution in [0.1, 0.15) is 36.9 Å². The van der Waals surface area contributed by atoms with Gasteiger partial charge in [-0.3, -0.25) is 4.79 Å². The van der Waals surface area contributed by atoms with Crippen LogP contribution >= 0.6 is 0 Å². The van der Waals surface area contributed by atoms with Gasteiger partial charge in [-0.05, 0) is 36.4 Å². The fraction of sp³-hybridized carbons (Fsp3) is 0.286. The minimum Gasteiger partial charge on any atom is -0.349 e. The number of amides is 1. The molecule has 24 heavy (non-hydrogen) atoms. The number of nitrogens with zero attached hydrogens (tertiary/aromatic N) is 1. The van der Waals surface area contributed by atoms with Gasteiger partial charge in [-0.15, -0.1) is 0 Å². The SMILES string of the molecule is CCC(NC(=O)CCn1ccc2ccccc21)c1ccc(C)cc1. The average Bonchev–Trinajstić information content (AvgIpc) is 3.02. The predicted molar refractivity (Wildman–Crippen MR) is 98.9 cm³/mol. The minimum absolute atomic E-state index is 0.0829. The maximum Gasteiger partial charge on any atom is 0.222 e. The number of rotatable bonds is 6. The first kappa shape index (κ1) is 16.3. The van der Waals surface area contributed by atoms with E-state index in [0.717, 1.165) is 6.42 Å². The Hall–Kier alpha value is -2.55. The van der Waals surface area contributed by atoms with Crippen LogP contribution < -0.4 is 5.32 Å². The molecule has 124 valence electrons. The number of fused-ring (bicyclic) bond motifs is 1. The van der Waals surface area contributed by atoms with E-state index < -0.39 is 0 Å². The molecule has 0 spiro atoms. The first-order valence-electron chi connectivity index (χ1n) is 8.57. The monoisotopic (exact) mass is 320 g/mol. The maximum absolute atomic E-state index is 12.4. The Kier molecular flexibility index (Phi) is 4.99. The van der Waals surface area contributed by atoms with E-state index in [1.165, 1.54) is 22.0 Å². The van der Waals surface area contributed by atoms with Crippen LogP contribution in [0.15, 0.2) is 60.8 Å². The quantitative estimate of drug-likeness (QED) is 0.707. The number of carbonyl (C=O) groups is 1. The zero-order chi connectivity index (χ0) is 16.9. The molecule has 1 N–H and O–H groups in total. The molecule has 2 aromatic carbocycles. The van der Waals surface area contributed by atoms with Crippen LogP contribution in [0.2, 0.25) is 0 Å². The zero-order valence-corrected chi connectivity index (χ0v) is 14.3.